The minimum Gasteiger partial charge on any atom is -0.423 e. The van der Waals surface area contributed by atoms with Gasteiger partial charge in [0, 0.05) is 0 Å². The van der Waals surface area contributed by atoms with Crippen molar-refractivity contribution in [3.63, 3.8) is 0 Å². The summed E-state index contributed by atoms with van der Waals surface area (Å²) in [6, 6.07) is 0. The molecule has 0 bridgehead atoms. The normalized spacial score (nSPS) is 41.4. The van der Waals surface area contributed by atoms with Crippen LogP contribution in [0.25, 0.3) is 0 Å². The van der Waals surface area contributed by atoms with Crippen LogP contribution in [0.15, 0.2) is 0 Å². The molecule has 0 N–H and O–H groups in total. The van der Waals surface area contributed by atoms with Gasteiger partial charge in [0.05, 0.1) is 0 Å². The Labute approximate surface area is 36.5 Å². The smallest absolute Gasteiger partial charge is 0.423 e. The van der Waals surface area contributed by atoms with Gasteiger partial charge in [-0.3, -0.25) is 0 Å². The zero-order valence-corrected chi connectivity index (χ0v) is 5.67. The molecule has 1 aliphatic rings. The van der Waals surface area contributed by atoms with E-state index in [9.17, 15) is 0 Å². The third-order valence-corrected chi connectivity index (χ3v) is 5.45. The maximum atomic E-state index is 4.99. The predicted molar refractivity (Wildman–Crippen MR) is 24.8 cm³/mol. The van der Waals surface area contributed by atoms with Crippen molar-refractivity contribution in [2.75, 3.05) is 0 Å². The van der Waals surface area contributed by atoms with E-state index in [1.165, 1.54) is 0 Å². The summed E-state index contributed by atoms with van der Waals surface area (Å²) in [6.45, 7) is 2.04. The fraction of sp³-hybridized carbons (Fsp3) is 1.00. The average Bonchev–Trinajstić information content (AvgIpc) is 1.30. The molecule has 0 radical (unpaired) electrons. The molecule has 0 spiro atoms. The summed E-state index contributed by atoms with van der Waals surface area (Å²) < 4.78 is 9.97. The minimum absolute atomic E-state index is 0. The Morgan fingerprint density at radius 1 is 1.80 bits per heavy atom. The van der Waals surface area contributed by atoms with Gasteiger partial charge >= 0.3 is 1.43 Å². The van der Waals surface area contributed by atoms with Crippen molar-refractivity contribution in [1.82, 2.24) is 0 Å². The summed E-state index contributed by atoms with van der Waals surface area (Å²) in [5, 5.41) is 0. The van der Waals surface area contributed by atoms with Gasteiger partial charge in [0.2, 0.25) is 0 Å². The average molecular weight is 107 g/mol. The Morgan fingerprint density at radius 2 is 2.20 bits per heavy atom. The Balaban J connectivity index is 0.000000250. The van der Waals surface area contributed by atoms with Crippen molar-refractivity contribution >= 4 is 19.3 Å². The van der Waals surface area contributed by atoms with Crippen LogP contribution in [0.3, 0.4) is 0 Å². The molecule has 5 heavy (non-hydrogen) atoms. The van der Waals surface area contributed by atoms with E-state index in [1.54, 1.807) is 0 Å². The molecule has 1 fully saturated rings. The van der Waals surface area contributed by atoms with Crippen LogP contribution in [-0.4, -0.2) is 19.3 Å². The molecule has 1 aliphatic heterocycles. The summed E-state index contributed by atoms with van der Waals surface area (Å²) >= 11 is 0. The molecule has 0 amide bonds. The van der Waals surface area contributed by atoms with Crippen LogP contribution < -0.4 is 0 Å². The first-order chi connectivity index (χ1) is 2.39. The summed E-state index contributed by atoms with van der Waals surface area (Å²) in [6.07, 6.45) is 0. The molecule has 30 valence electrons. The standard InChI is InChI=1S/CH6O2Si2/c1-5-2-4-3-5/h5H,4H2,1H3/p+1. The van der Waals surface area contributed by atoms with Crippen molar-refractivity contribution in [3.8, 4) is 0 Å². The molecule has 1 heterocycles. The van der Waals surface area contributed by atoms with Crippen molar-refractivity contribution in [2.45, 2.75) is 6.55 Å². The van der Waals surface area contributed by atoms with Crippen LogP contribution in [0.5, 0.6) is 0 Å². The van der Waals surface area contributed by atoms with Crippen molar-refractivity contribution in [1.29, 1.82) is 0 Å². The van der Waals surface area contributed by atoms with Crippen molar-refractivity contribution in [3.05, 3.63) is 0 Å². The van der Waals surface area contributed by atoms with Gasteiger partial charge in [-0.15, -0.1) is 0 Å². The number of hydrogen-bond acceptors (Lipinski definition) is 2. The first-order valence-corrected chi connectivity index (χ1v) is 4.88. The second-order valence-electron chi connectivity index (χ2n) is 1.02. The van der Waals surface area contributed by atoms with E-state index in [0.29, 0.717) is 0 Å². The zero-order chi connectivity index (χ0) is 3.70. The van der Waals surface area contributed by atoms with Gasteiger partial charge in [-0.2, -0.15) is 0 Å². The van der Waals surface area contributed by atoms with Crippen LogP contribution in [0.4, 0.5) is 0 Å². The highest BCUT2D eigenvalue weighted by atomic mass is 28.4. The van der Waals surface area contributed by atoms with Crippen molar-refractivity contribution < 1.29 is 9.66 Å². The fourth-order valence-electron chi connectivity index (χ4n) is 0.204. The summed E-state index contributed by atoms with van der Waals surface area (Å²) in [7, 11) is -1.29. The molecule has 0 aromatic rings. The molecule has 0 atom stereocenters. The Morgan fingerprint density at radius 3 is 2.20 bits per heavy atom. The minimum atomic E-state index is -0.907. The van der Waals surface area contributed by atoms with E-state index in [1.807, 2.05) is 6.55 Å². The largest absolute Gasteiger partial charge is 1.00 e. The molecule has 0 aliphatic carbocycles. The molecular formula is CH7O2Si2+. The Hall–Kier alpha value is 0.354. The molecule has 1 rings (SSSR count). The number of hydrogen-bond donors (Lipinski definition) is 0. The topological polar surface area (TPSA) is 18.5 Å². The van der Waals surface area contributed by atoms with E-state index in [4.69, 9.17) is 8.23 Å². The Kier molecular flexibility index (Phi) is 0.859. The quantitative estimate of drug-likeness (QED) is 0.369. The fourth-order valence-corrected chi connectivity index (χ4v) is 1.84. The lowest BCUT2D eigenvalue weighted by Crippen LogP contribution is -2.35. The molecule has 4 heteroatoms. The summed E-state index contributed by atoms with van der Waals surface area (Å²) in [5.41, 5.74) is 0. The lowest BCUT2D eigenvalue weighted by atomic mass is 11.9. The lowest BCUT2D eigenvalue weighted by molar-refractivity contribution is 0.319. The lowest BCUT2D eigenvalue weighted by Gasteiger charge is -2.20. The van der Waals surface area contributed by atoms with Gasteiger partial charge in [-0.05, 0) is 6.55 Å². The second kappa shape index (κ2) is 1.21. The Bertz CT molecular complexity index is 38.5. The molecule has 0 unspecified atom stereocenters. The van der Waals surface area contributed by atoms with Gasteiger partial charge in [0.25, 0.3) is 19.3 Å². The van der Waals surface area contributed by atoms with E-state index in [-0.39, 0.29) is 11.4 Å². The van der Waals surface area contributed by atoms with E-state index < -0.39 is 9.28 Å². The first kappa shape index (κ1) is 3.54. The first-order valence-electron chi connectivity index (χ1n) is 1.63. The van der Waals surface area contributed by atoms with Crippen molar-refractivity contribution in [2.24, 2.45) is 0 Å². The third-order valence-electron chi connectivity index (χ3n) is 0.605. The monoisotopic (exact) mass is 107 g/mol. The van der Waals surface area contributed by atoms with Crippen LogP contribution in [0.2, 0.25) is 6.55 Å². The SMILES string of the molecule is C[SiH]1O[SiH2]O1.[H+]. The molecule has 0 saturated carbocycles. The summed E-state index contributed by atoms with van der Waals surface area (Å²) in [5.74, 6) is 0. The highest BCUT2D eigenvalue weighted by Crippen LogP contribution is 1.94. The third kappa shape index (κ3) is 0.597. The van der Waals surface area contributed by atoms with Crippen LogP contribution >= 0.6 is 0 Å². The zero-order valence-electron chi connectivity index (χ0n) is 4.10. The molecule has 2 nitrogen and oxygen atoms in total. The second-order valence-corrected chi connectivity index (χ2v) is 5.06. The van der Waals surface area contributed by atoms with Crippen LogP contribution in [0.1, 0.15) is 1.43 Å². The predicted octanol–water partition coefficient (Wildman–Crippen LogP) is -1.01. The summed E-state index contributed by atoms with van der Waals surface area (Å²) in [4.78, 5) is 0. The van der Waals surface area contributed by atoms with Gasteiger partial charge in [0.15, 0.2) is 0 Å². The van der Waals surface area contributed by atoms with Gasteiger partial charge in [0.1, 0.15) is 0 Å². The number of rotatable bonds is 0. The van der Waals surface area contributed by atoms with Gasteiger partial charge in [-0.1, -0.05) is 0 Å². The molecule has 0 aromatic carbocycles. The van der Waals surface area contributed by atoms with Gasteiger partial charge < -0.3 is 8.23 Å². The highest BCUT2D eigenvalue weighted by molar-refractivity contribution is 6.63. The molecule has 1 saturated heterocycles. The maximum absolute atomic E-state index is 4.99. The van der Waals surface area contributed by atoms with E-state index in [0.717, 1.165) is 0 Å². The molecule has 0 aromatic heterocycles. The maximum Gasteiger partial charge on any atom is 1.00 e. The van der Waals surface area contributed by atoms with Gasteiger partial charge in [-0.25, -0.2) is 0 Å². The van der Waals surface area contributed by atoms with E-state index >= 15 is 0 Å². The van der Waals surface area contributed by atoms with Crippen LogP contribution in [-0.2, 0) is 8.23 Å². The van der Waals surface area contributed by atoms with Crippen LogP contribution in [0, 0.1) is 0 Å². The molecular weight excluding hydrogens is 100 g/mol. The highest BCUT2D eigenvalue weighted by Gasteiger charge is 2.13. The van der Waals surface area contributed by atoms with E-state index in [2.05, 4.69) is 0 Å².